The number of benzene rings is 2. The van der Waals surface area contributed by atoms with E-state index in [0.717, 1.165) is 74.5 Å². The van der Waals surface area contributed by atoms with Gasteiger partial charge in [-0.25, -0.2) is 4.98 Å². The summed E-state index contributed by atoms with van der Waals surface area (Å²) in [5.41, 5.74) is 10.2. The van der Waals surface area contributed by atoms with Crippen LogP contribution < -0.4 is 10.5 Å². The molecule has 1 atom stereocenters. The summed E-state index contributed by atoms with van der Waals surface area (Å²) in [6.07, 6.45) is 2.09. The fraction of sp³-hybridized carbons (Fsp3) is 0.333. The third kappa shape index (κ3) is 6.18. The van der Waals surface area contributed by atoms with E-state index in [4.69, 9.17) is 10.5 Å². The van der Waals surface area contributed by atoms with Crippen LogP contribution in [0.25, 0.3) is 11.3 Å². The van der Waals surface area contributed by atoms with E-state index in [-0.39, 0.29) is 5.92 Å². The summed E-state index contributed by atoms with van der Waals surface area (Å²) in [4.78, 5) is 21.0. The Hall–Kier alpha value is -3.22. The molecule has 2 heterocycles. The average Bonchev–Trinajstić information content (AvgIpc) is 2.87. The van der Waals surface area contributed by atoms with Crippen LogP contribution in [0.2, 0.25) is 0 Å². The number of anilines is 1. The molecule has 0 spiro atoms. The van der Waals surface area contributed by atoms with Gasteiger partial charge in [-0.2, -0.15) is 0 Å². The van der Waals surface area contributed by atoms with E-state index in [1.807, 2.05) is 36.4 Å². The molecule has 1 saturated heterocycles. The van der Waals surface area contributed by atoms with E-state index in [9.17, 15) is 4.79 Å². The molecule has 0 amide bonds. The quantitative estimate of drug-likeness (QED) is 0.510. The number of nitrogens with zero attached hydrogens (tertiary/aromatic N) is 3. The number of aldehydes is 1. The van der Waals surface area contributed by atoms with E-state index in [0.29, 0.717) is 5.82 Å². The van der Waals surface area contributed by atoms with Crippen molar-refractivity contribution in [3.05, 3.63) is 77.9 Å². The number of aromatic nitrogens is 1. The first-order valence-corrected chi connectivity index (χ1v) is 11.5. The molecular formula is C27H32N4O2. The highest BCUT2D eigenvalue weighted by Gasteiger charge is 2.21. The highest BCUT2D eigenvalue weighted by atomic mass is 16.5. The van der Waals surface area contributed by atoms with Crippen molar-refractivity contribution in [2.24, 2.45) is 0 Å². The SMILES string of the molecule is COc1ccc(C(C=O)CN2CCN(CCc3ccc(-c4cccc(N)n4)cc3)CC2)cc1. The lowest BCUT2D eigenvalue weighted by Gasteiger charge is -2.35. The van der Waals surface area contributed by atoms with Gasteiger partial charge in [-0.15, -0.1) is 0 Å². The Balaban J connectivity index is 1.23. The third-order valence-electron chi connectivity index (χ3n) is 6.37. The highest BCUT2D eigenvalue weighted by molar-refractivity contribution is 5.63. The molecular weight excluding hydrogens is 412 g/mol. The Labute approximate surface area is 196 Å². The first kappa shape index (κ1) is 23.0. The number of piperazine rings is 1. The predicted octanol–water partition coefficient (Wildman–Crippen LogP) is 3.48. The van der Waals surface area contributed by atoms with Gasteiger partial charge in [0.15, 0.2) is 0 Å². The van der Waals surface area contributed by atoms with Gasteiger partial charge in [0.25, 0.3) is 0 Å². The molecule has 1 unspecified atom stereocenters. The second-order valence-electron chi connectivity index (χ2n) is 8.55. The predicted molar refractivity (Wildman–Crippen MR) is 132 cm³/mol. The molecule has 2 aromatic carbocycles. The minimum Gasteiger partial charge on any atom is -0.497 e. The lowest BCUT2D eigenvalue weighted by Crippen LogP contribution is -2.48. The summed E-state index contributed by atoms with van der Waals surface area (Å²) >= 11 is 0. The second kappa shape index (κ2) is 11.1. The van der Waals surface area contributed by atoms with Gasteiger partial charge in [0, 0.05) is 44.8 Å². The lowest BCUT2D eigenvalue weighted by atomic mass is 9.99. The standard InChI is InChI=1S/C27H32N4O2/c1-33-25-11-9-22(10-12-25)24(20-32)19-31-17-15-30(16-18-31)14-13-21-5-7-23(8-6-21)26-3-2-4-27(28)29-26/h2-12,20,24H,13-19H2,1H3,(H2,28,29). The Morgan fingerprint density at radius 3 is 2.30 bits per heavy atom. The first-order valence-electron chi connectivity index (χ1n) is 11.5. The van der Waals surface area contributed by atoms with Gasteiger partial charge in [-0.05, 0) is 41.8 Å². The van der Waals surface area contributed by atoms with Crippen molar-refractivity contribution in [3.63, 3.8) is 0 Å². The maximum Gasteiger partial charge on any atom is 0.128 e. The molecule has 6 heteroatoms. The summed E-state index contributed by atoms with van der Waals surface area (Å²) in [5.74, 6) is 1.25. The molecule has 2 N–H and O–H groups in total. The van der Waals surface area contributed by atoms with Crippen LogP contribution in [0.3, 0.4) is 0 Å². The summed E-state index contributed by atoms with van der Waals surface area (Å²) in [6.45, 7) is 5.84. The fourth-order valence-corrected chi connectivity index (χ4v) is 4.29. The number of carbonyl (C=O) groups is 1. The molecule has 172 valence electrons. The maximum atomic E-state index is 11.7. The minimum atomic E-state index is -0.101. The van der Waals surface area contributed by atoms with Crippen molar-refractivity contribution in [2.45, 2.75) is 12.3 Å². The van der Waals surface area contributed by atoms with E-state index < -0.39 is 0 Å². The second-order valence-corrected chi connectivity index (χ2v) is 8.55. The van der Waals surface area contributed by atoms with Crippen LogP contribution in [0.1, 0.15) is 17.0 Å². The Kier molecular flexibility index (Phi) is 7.70. The lowest BCUT2D eigenvalue weighted by molar-refractivity contribution is -0.109. The van der Waals surface area contributed by atoms with E-state index in [1.54, 1.807) is 13.2 Å². The van der Waals surface area contributed by atoms with Crippen LogP contribution in [-0.4, -0.2) is 67.4 Å². The van der Waals surface area contributed by atoms with Crippen LogP contribution in [0.4, 0.5) is 5.82 Å². The smallest absolute Gasteiger partial charge is 0.128 e. The Morgan fingerprint density at radius 1 is 0.970 bits per heavy atom. The number of methoxy groups -OCH3 is 1. The van der Waals surface area contributed by atoms with Crippen molar-refractivity contribution >= 4 is 12.1 Å². The van der Waals surface area contributed by atoms with Crippen molar-refractivity contribution in [2.75, 3.05) is 52.1 Å². The van der Waals surface area contributed by atoms with Gasteiger partial charge in [0.2, 0.25) is 0 Å². The molecule has 33 heavy (non-hydrogen) atoms. The van der Waals surface area contributed by atoms with Gasteiger partial charge in [-0.1, -0.05) is 42.5 Å². The maximum absolute atomic E-state index is 11.7. The zero-order valence-electron chi connectivity index (χ0n) is 19.2. The number of nitrogens with two attached hydrogens (primary N) is 1. The van der Waals surface area contributed by atoms with E-state index >= 15 is 0 Å². The normalized spacial score (nSPS) is 15.8. The summed E-state index contributed by atoms with van der Waals surface area (Å²) in [7, 11) is 1.65. The molecule has 1 fully saturated rings. The van der Waals surface area contributed by atoms with Crippen molar-refractivity contribution in [1.82, 2.24) is 14.8 Å². The van der Waals surface area contributed by atoms with Gasteiger partial charge < -0.3 is 20.2 Å². The largest absolute Gasteiger partial charge is 0.497 e. The van der Waals surface area contributed by atoms with E-state index in [2.05, 4.69) is 39.0 Å². The topological polar surface area (TPSA) is 71.7 Å². The van der Waals surface area contributed by atoms with Crippen LogP contribution in [0.5, 0.6) is 5.75 Å². The number of ether oxygens (including phenoxy) is 1. The molecule has 1 aliphatic rings. The van der Waals surface area contributed by atoms with Gasteiger partial charge in [-0.3, -0.25) is 4.90 Å². The number of hydrogen-bond donors (Lipinski definition) is 1. The molecule has 0 saturated carbocycles. The van der Waals surface area contributed by atoms with E-state index in [1.165, 1.54) is 5.56 Å². The number of pyridine rings is 1. The number of nitrogen functional groups attached to an aromatic ring is 1. The average molecular weight is 445 g/mol. The van der Waals surface area contributed by atoms with Crippen molar-refractivity contribution < 1.29 is 9.53 Å². The number of hydrogen-bond acceptors (Lipinski definition) is 6. The first-order chi connectivity index (χ1) is 16.1. The van der Waals surface area contributed by atoms with Crippen LogP contribution in [0, 0.1) is 0 Å². The molecule has 6 nitrogen and oxygen atoms in total. The fourth-order valence-electron chi connectivity index (χ4n) is 4.29. The molecule has 1 aliphatic heterocycles. The molecule has 3 aromatic rings. The third-order valence-corrected chi connectivity index (χ3v) is 6.37. The minimum absolute atomic E-state index is 0.101. The molecule has 1 aromatic heterocycles. The molecule has 0 bridgehead atoms. The monoisotopic (exact) mass is 444 g/mol. The van der Waals surface area contributed by atoms with Gasteiger partial charge in [0.05, 0.1) is 18.7 Å². The number of rotatable bonds is 9. The molecule has 4 rings (SSSR count). The highest BCUT2D eigenvalue weighted by Crippen LogP contribution is 2.21. The number of carbonyl (C=O) groups excluding carboxylic acids is 1. The summed E-state index contributed by atoms with van der Waals surface area (Å²) < 4.78 is 5.22. The Morgan fingerprint density at radius 2 is 1.67 bits per heavy atom. The van der Waals surface area contributed by atoms with Crippen LogP contribution >= 0.6 is 0 Å². The van der Waals surface area contributed by atoms with Gasteiger partial charge in [0.1, 0.15) is 17.9 Å². The summed E-state index contributed by atoms with van der Waals surface area (Å²) in [6, 6.07) is 22.1. The summed E-state index contributed by atoms with van der Waals surface area (Å²) in [5, 5.41) is 0. The molecule has 0 radical (unpaired) electrons. The van der Waals surface area contributed by atoms with Gasteiger partial charge >= 0.3 is 0 Å². The van der Waals surface area contributed by atoms with Crippen LogP contribution in [-0.2, 0) is 11.2 Å². The van der Waals surface area contributed by atoms with Crippen molar-refractivity contribution in [3.8, 4) is 17.0 Å². The van der Waals surface area contributed by atoms with Crippen LogP contribution in [0.15, 0.2) is 66.7 Å². The zero-order chi connectivity index (χ0) is 23.0. The molecule has 0 aliphatic carbocycles. The zero-order valence-corrected chi connectivity index (χ0v) is 19.2. The Bertz CT molecular complexity index is 1030. The van der Waals surface area contributed by atoms with Crippen molar-refractivity contribution in [1.29, 1.82) is 0 Å².